The van der Waals surface area contributed by atoms with Gasteiger partial charge in [-0.15, -0.1) is 0 Å². The van der Waals surface area contributed by atoms with Crippen LogP contribution in [0.4, 0.5) is 0 Å². The summed E-state index contributed by atoms with van der Waals surface area (Å²) in [6, 6.07) is 23.7. The Kier molecular flexibility index (Phi) is 3.78. The number of imidazole rings is 1. The molecule has 0 atom stereocenters. The van der Waals surface area contributed by atoms with Crippen LogP contribution in [0.1, 0.15) is 5.69 Å². The van der Waals surface area contributed by atoms with Gasteiger partial charge in [-0.2, -0.15) is 0 Å². The Morgan fingerprint density at radius 3 is 2.16 bits per heavy atom. The maximum Gasteiger partial charge on any atom is 0.309 e. The van der Waals surface area contributed by atoms with Crippen LogP contribution in [0.2, 0.25) is 0 Å². The molecule has 0 saturated heterocycles. The summed E-state index contributed by atoms with van der Waals surface area (Å²) in [5.41, 5.74) is 5.23. The fourth-order valence-electron chi connectivity index (χ4n) is 3.04. The van der Waals surface area contributed by atoms with Crippen molar-refractivity contribution in [3.8, 4) is 22.4 Å². The highest BCUT2D eigenvalue weighted by Gasteiger charge is 2.17. The van der Waals surface area contributed by atoms with Crippen molar-refractivity contribution in [1.29, 1.82) is 0 Å². The van der Waals surface area contributed by atoms with Crippen LogP contribution in [0.25, 0.3) is 28.0 Å². The molecule has 0 aliphatic carbocycles. The maximum atomic E-state index is 11.3. The van der Waals surface area contributed by atoms with Gasteiger partial charge in [0.1, 0.15) is 5.65 Å². The summed E-state index contributed by atoms with van der Waals surface area (Å²) >= 11 is 0. The molecular formula is C21H16N2O2. The lowest BCUT2D eigenvalue weighted by molar-refractivity contribution is -0.136. The molecular weight excluding hydrogens is 312 g/mol. The molecule has 0 spiro atoms. The number of carboxylic acids is 1. The van der Waals surface area contributed by atoms with E-state index in [0.717, 1.165) is 22.3 Å². The number of fused-ring (bicyclic) bond motifs is 1. The quantitative estimate of drug-likeness (QED) is 0.608. The number of aliphatic carboxylic acids is 1. The molecule has 0 fully saturated rings. The molecule has 2 aromatic heterocycles. The summed E-state index contributed by atoms with van der Waals surface area (Å²) in [7, 11) is 0. The van der Waals surface area contributed by atoms with Crippen molar-refractivity contribution in [3.05, 3.63) is 84.7 Å². The minimum Gasteiger partial charge on any atom is -0.481 e. The predicted molar refractivity (Wildman–Crippen MR) is 97.4 cm³/mol. The summed E-state index contributed by atoms with van der Waals surface area (Å²) in [4.78, 5) is 16.1. The Bertz CT molecular complexity index is 1040. The van der Waals surface area contributed by atoms with Gasteiger partial charge in [0, 0.05) is 11.8 Å². The molecule has 0 bridgehead atoms. The van der Waals surface area contributed by atoms with Crippen LogP contribution >= 0.6 is 0 Å². The first-order valence-corrected chi connectivity index (χ1v) is 8.06. The first kappa shape index (κ1) is 15.1. The SMILES string of the molecule is O=C(O)Cc1c(-c2ccccc2)nc2cc(-c3ccccc3)ccn12. The number of carbonyl (C=O) groups is 1. The monoisotopic (exact) mass is 328 g/mol. The van der Waals surface area contributed by atoms with E-state index in [0.29, 0.717) is 11.4 Å². The normalized spacial score (nSPS) is 10.9. The summed E-state index contributed by atoms with van der Waals surface area (Å²) in [6.45, 7) is 0. The van der Waals surface area contributed by atoms with Gasteiger partial charge in [0.2, 0.25) is 0 Å². The summed E-state index contributed by atoms with van der Waals surface area (Å²) in [5.74, 6) is -0.869. The van der Waals surface area contributed by atoms with Crippen LogP contribution in [0.5, 0.6) is 0 Å². The maximum absolute atomic E-state index is 11.3. The lowest BCUT2D eigenvalue weighted by Crippen LogP contribution is -2.04. The largest absolute Gasteiger partial charge is 0.481 e. The van der Waals surface area contributed by atoms with Crippen molar-refractivity contribution in [2.45, 2.75) is 6.42 Å². The fraction of sp³-hybridized carbons (Fsp3) is 0.0476. The molecule has 2 aromatic carbocycles. The third-order valence-corrected chi connectivity index (χ3v) is 4.20. The van der Waals surface area contributed by atoms with E-state index in [-0.39, 0.29) is 6.42 Å². The van der Waals surface area contributed by atoms with E-state index in [2.05, 4.69) is 0 Å². The van der Waals surface area contributed by atoms with E-state index >= 15 is 0 Å². The van der Waals surface area contributed by atoms with Crippen LogP contribution < -0.4 is 0 Å². The van der Waals surface area contributed by atoms with Crippen molar-refractivity contribution < 1.29 is 9.90 Å². The molecule has 2 heterocycles. The first-order valence-electron chi connectivity index (χ1n) is 8.06. The topological polar surface area (TPSA) is 54.6 Å². The van der Waals surface area contributed by atoms with Crippen molar-refractivity contribution >= 4 is 11.6 Å². The molecule has 0 aliphatic heterocycles. The number of aromatic nitrogens is 2. The Morgan fingerprint density at radius 1 is 0.880 bits per heavy atom. The van der Waals surface area contributed by atoms with Crippen molar-refractivity contribution in [2.24, 2.45) is 0 Å². The van der Waals surface area contributed by atoms with Crippen LogP contribution in [0.3, 0.4) is 0 Å². The smallest absolute Gasteiger partial charge is 0.309 e. The van der Waals surface area contributed by atoms with Gasteiger partial charge >= 0.3 is 5.97 Å². The van der Waals surface area contributed by atoms with E-state index < -0.39 is 5.97 Å². The molecule has 4 rings (SSSR count). The van der Waals surface area contributed by atoms with Gasteiger partial charge in [0.25, 0.3) is 0 Å². The van der Waals surface area contributed by atoms with E-state index in [1.165, 1.54) is 0 Å². The number of nitrogens with zero attached hydrogens (tertiary/aromatic N) is 2. The molecule has 0 radical (unpaired) electrons. The van der Waals surface area contributed by atoms with E-state index in [9.17, 15) is 9.90 Å². The molecule has 0 unspecified atom stereocenters. The number of rotatable bonds is 4. The molecule has 0 saturated carbocycles. The van der Waals surface area contributed by atoms with Gasteiger partial charge < -0.3 is 9.51 Å². The van der Waals surface area contributed by atoms with Crippen LogP contribution in [-0.4, -0.2) is 20.5 Å². The van der Waals surface area contributed by atoms with Crippen molar-refractivity contribution in [2.75, 3.05) is 0 Å². The molecule has 4 nitrogen and oxygen atoms in total. The average molecular weight is 328 g/mol. The fourth-order valence-corrected chi connectivity index (χ4v) is 3.04. The zero-order valence-electron chi connectivity index (χ0n) is 13.5. The molecule has 0 amide bonds. The zero-order valence-corrected chi connectivity index (χ0v) is 13.5. The van der Waals surface area contributed by atoms with Gasteiger partial charge in [0.05, 0.1) is 17.8 Å². The van der Waals surface area contributed by atoms with E-state index in [1.807, 2.05) is 83.4 Å². The molecule has 4 aromatic rings. The minimum absolute atomic E-state index is 0.0733. The predicted octanol–water partition coefficient (Wildman–Crippen LogP) is 4.30. The molecule has 122 valence electrons. The summed E-state index contributed by atoms with van der Waals surface area (Å²) in [6.07, 6.45) is 1.82. The Hall–Kier alpha value is -3.40. The number of carboxylic acid groups (broad SMARTS) is 1. The van der Waals surface area contributed by atoms with E-state index in [4.69, 9.17) is 4.98 Å². The highest BCUT2D eigenvalue weighted by atomic mass is 16.4. The standard InChI is InChI=1S/C21H16N2O2/c24-20(25)14-18-21(16-9-5-2-6-10-16)22-19-13-17(11-12-23(18)19)15-7-3-1-4-8-15/h1-13H,14H2,(H,24,25). The van der Waals surface area contributed by atoms with Crippen molar-refractivity contribution in [3.63, 3.8) is 0 Å². The second kappa shape index (κ2) is 6.24. The number of hydrogen-bond acceptors (Lipinski definition) is 2. The second-order valence-electron chi connectivity index (χ2n) is 5.85. The molecule has 0 aliphatic rings. The number of benzene rings is 2. The summed E-state index contributed by atoms with van der Waals surface area (Å²) in [5, 5.41) is 9.31. The lowest BCUT2D eigenvalue weighted by Gasteiger charge is -2.04. The molecule has 4 heteroatoms. The Morgan fingerprint density at radius 2 is 1.52 bits per heavy atom. The van der Waals surface area contributed by atoms with Gasteiger partial charge in [-0.05, 0) is 23.3 Å². The minimum atomic E-state index is -0.869. The zero-order chi connectivity index (χ0) is 17.2. The third-order valence-electron chi connectivity index (χ3n) is 4.20. The van der Waals surface area contributed by atoms with Crippen LogP contribution in [0, 0.1) is 0 Å². The number of hydrogen-bond donors (Lipinski definition) is 1. The highest BCUT2D eigenvalue weighted by Crippen LogP contribution is 2.27. The van der Waals surface area contributed by atoms with Gasteiger partial charge in [-0.25, -0.2) is 4.98 Å². The molecule has 25 heavy (non-hydrogen) atoms. The number of pyridine rings is 1. The van der Waals surface area contributed by atoms with Gasteiger partial charge in [0.15, 0.2) is 0 Å². The Labute approximate surface area is 145 Å². The first-order chi connectivity index (χ1) is 12.2. The third kappa shape index (κ3) is 2.90. The van der Waals surface area contributed by atoms with Crippen LogP contribution in [0.15, 0.2) is 79.0 Å². The van der Waals surface area contributed by atoms with Crippen LogP contribution in [-0.2, 0) is 11.2 Å². The van der Waals surface area contributed by atoms with Gasteiger partial charge in [-0.1, -0.05) is 60.7 Å². The molecule has 1 N–H and O–H groups in total. The second-order valence-corrected chi connectivity index (χ2v) is 5.85. The summed E-state index contributed by atoms with van der Waals surface area (Å²) < 4.78 is 1.86. The average Bonchev–Trinajstić information content (AvgIpc) is 3.00. The van der Waals surface area contributed by atoms with Gasteiger partial charge in [-0.3, -0.25) is 4.79 Å². The van der Waals surface area contributed by atoms with E-state index in [1.54, 1.807) is 0 Å². The Balaban J connectivity index is 1.91. The lowest BCUT2D eigenvalue weighted by atomic mass is 10.1. The van der Waals surface area contributed by atoms with Crippen molar-refractivity contribution in [1.82, 2.24) is 9.38 Å². The highest BCUT2D eigenvalue weighted by molar-refractivity contribution is 5.77.